The summed E-state index contributed by atoms with van der Waals surface area (Å²) in [5.41, 5.74) is 40.2. The van der Waals surface area contributed by atoms with Gasteiger partial charge in [0, 0.05) is 45.0 Å². The van der Waals surface area contributed by atoms with Crippen LogP contribution in [0, 0.1) is 27.7 Å². The first kappa shape index (κ1) is 62.4. The lowest BCUT2D eigenvalue weighted by molar-refractivity contribution is 0.660. The lowest BCUT2D eigenvalue weighted by atomic mass is 9.66. The lowest BCUT2D eigenvalue weighted by Crippen LogP contribution is -2.30. The maximum Gasteiger partial charge on any atom is 0.0716 e. The van der Waals surface area contributed by atoms with Crippen molar-refractivity contribution in [2.45, 2.75) is 77.0 Å². The fraction of sp³-hybridized carbons (Fsp3) is 0.120. The Morgan fingerprint density at radius 1 is 0.245 bits per heavy atom. The number of hydrogen-bond acceptors (Lipinski definition) is 2. The van der Waals surface area contributed by atoms with E-state index in [0.717, 1.165) is 56.4 Å². The summed E-state index contributed by atoms with van der Waals surface area (Å²) in [5.74, 6) is 0. The van der Waals surface area contributed by atoms with Crippen LogP contribution in [0.3, 0.4) is 0 Å². The molecule has 0 aromatic heterocycles. The molecular weight excluding hydrogens is 1230 g/mol. The Hall–Kier alpha value is -11.8. The van der Waals surface area contributed by atoms with Crippen molar-refractivity contribution >= 4 is 46.3 Å². The van der Waals surface area contributed by atoms with Crippen molar-refractivity contribution in [2.24, 2.45) is 0 Å². The van der Waals surface area contributed by atoms with Crippen molar-refractivity contribution in [3.8, 4) is 55.6 Å². The molecule has 4 aliphatic carbocycles. The number of benzene rings is 14. The zero-order chi connectivity index (χ0) is 69.6. The number of fused-ring (bicyclic) bond motifs is 12. The summed E-state index contributed by atoms with van der Waals surface area (Å²) >= 11 is 0. The first-order valence-corrected chi connectivity index (χ1v) is 36.0. The molecule has 14 aromatic carbocycles. The minimum Gasteiger partial charge on any atom is -0.310 e. The highest BCUT2D eigenvalue weighted by Gasteiger charge is 2.50. The molecule has 0 saturated heterocycles. The van der Waals surface area contributed by atoms with Gasteiger partial charge in [-0.1, -0.05) is 295 Å². The average molecular weight is 1310 g/mol. The molecule has 0 radical (unpaired) electrons. The summed E-state index contributed by atoms with van der Waals surface area (Å²) in [5, 5.41) is 0. The molecule has 18 rings (SSSR count). The fourth-order valence-electron chi connectivity index (χ4n) is 18.5. The first-order chi connectivity index (χ1) is 49.6. The van der Waals surface area contributed by atoms with Gasteiger partial charge in [-0.3, -0.25) is 0 Å². The van der Waals surface area contributed by atoms with Gasteiger partial charge < -0.3 is 9.80 Å². The standard InChI is InChI=1S/C100H80N2/c1-11-67-33-41-71(42-34-67)99(91-57-63(3)29-31-65(91)5)89-27-19-15-23-81(89)85-55-51-77(61-95(85)99)101(75-49-53-83-79-21-13-17-25-87(79)97(7,8)93(83)59-75)73-45-37-69(38-46-73)70-39-47-74(48-40-70)102(76-50-54-84-80-22-14-18-26-88(80)98(9,10)94(84)60-76)78-52-56-86-82-24-16-20-28-90(82)100(96(86)62-78,72-43-35-68(12-2)36-44-72)92-58-64(4)30-32-66(92)6/h11-62H,1-2H2,3-10H3. The summed E-state index contributed by atoms with van der Waals surface area (Å²) < 4.78 is 0. The van der Waals surface area contributed by atoms with Crippen molar-refractivity contribution in [3.63, 3.8) is 0 Å². The van der Waals surface area contributed by atoms with Crippen LogP contribution in [0.15, 0.2) is 316 Å². The molecule has 0 fully saturated rings. The highest BCUT2D eigenvalue weighted by atomic mass is 15.1. The van der Waals surface area contributed by atoms with Gasteiger partial charge in [-0.25, -0.2) is 0 Å². The molecule has 490 valence electrons. The van der Waals surface area contributed by atoms with Crippen LogP contribution in [-0.4, -0.2) is 0 Å². The minimum atomic E-state index is -0.616. The summed E-state index contributed by atoms with van der Waals surface area (Å²) in [6.07, 6.45) is 3.89. The summed E-state index contributed by atoms with van der Waals surface area (Å²) in [6.45, 7) is 26.9. The highest BCUT2D eigenvalue weighted by molar-refractivity contribution is 5.94. The molecule has 2 heteroatoms. The van der Waals surface area contributed by atoms with E-state index < -0.39 is 10.8 Å². The smallest absolute Gasteiger partial charge is 0.0716 e. The van der Waals surface area contributed by atoms with E-state index in [1.807, 2.05) is 12.2 Å². The van der Waals surface area contributed by atoms with Gasteiger partial charge >= 0.3 is 0 Å². The SMILES string of the molecule is C=Cc1ccc(C2(c3cc(C)ccc3C)c3ccccc3-c3ccc(N(c4ccc(-c5ccc(N(c6ccc7c(c6)C(C)(C)c6ccccc6-7)c6ccc7c(c6)C(c6ccc(C=C)cc6)(c6cc(C)ccc6C)c6ccccc6-7)cc5)cc4)c4ccc5c(c4)C(C)(C)c4ccccc4-5)cc32)cc1. The summed E-state index contributed by atoms with van der Waals surface area (Å²) in [6, 6.07) is 116. The van der Waals surface area contributed by atoms with E-state index in [0.29, 0.717) is 0 Å². The number of rotatable bonds is 13. The molecule has 0 saturated carbocycles. The Morgan fingerprint density at radius 2 is 0.529 bits per heavy atom. The van der Waals surface area contributed by atoms with Crippen LogP contribution in [0.4, 0.5) is 34.1 Å². The first-order valence-electron chi connectivity index (χ1n) is 36.0. The van der Waals surface area contributed by atoms with E-state index in [4.69, 9.17) is 0 Å². The predicted molar refractivity (Wildman–Crippen MR) is 430 cm³/mol. The van der Waals surface area contributed by atoms with E-state index in [9.17, 15) is 0 Å². The molecule has 2 atom stereocenters. The van der Waals surface area contributed by atoms with Gasteiger partial charge in [0.05, 0.1) is 10.8 Å². The topological polar surface area (TPSA) is 6.48 Å². The maximum atomic E-state index is 4.16. The van der Waals surface area contributed by atoms with Crippen LogP contribution in [0.25, 0.3) is 67.8 Å². The number of nitrogens with zero attached hydrogens (tertiary/aromatic N) is 2. The Labute approximate surface area is 601 Å². The zero-order valence-electron chi connectivity index (χ0n) is 59.3. The molecule has 14 aromatic rings. The van der Waals surface area contributed by atoms with Crippen molar-refractivity contribution in [3.05, 3.63) is 417 Å². The average Bonchev–Trinajstić information content (AvgIpc) is 1.53. The molecule has 0 spiro atoms. The third-order valence-electron chi connectivity index (χ3n) is 23.6. The summed E-state index contributed by atoms with van der Waals surface area (Å²) in [4.78, 5) is 5.00. The second-order valence-electron chi connectivity index (χ2n) is 29.9. The fourth-order valence-corrected chi connectivity index (χ4v) is 18.5. The normalized spacial score (nSPS) is 16.4. The van der Waals surface area contributed by atoms with Gasteiger partial charge in [-0.05, 0) is 245 Å². The van der Waals surface area contributed by atoms with Crippen LogP contribution in [-0.2, 0) is 21.7 Å². The maximum absolute atomic E-state index is 4.16. The van der Waals surface area contributed by atoms with E-state index in [1.54, 1.807) is 0 Å². The lowest BCUT2D eigenvalue weighted by Gasteiger charge is -2.36. The van der Waals surface area contributed by atoms with Crippen molar-refractivity contribution < 1.29 is 0 Å². The van der Waals surface area contributed by atoms with Crippen LogP contribution >= 0.6 is 0 Å². The third-order valence-corrected chi connectivity index (χ3v) is 23.6. The molecule has 0 heterocycles. The van der Waals surface area contributed by atoms with Crippen LogP contribution in [0.1, 0.15) is 128 Å². The summed E-state index contributed by atoms with van der Waals surface area (Å²) in [7, 11) is 0. The Kier molecular flexibility index (Phi) is 14.3. The molecule has 2 nitrogen and oxygen atoms in total. The van der Waals surface area contributed by atoms with Crippen LogP contribution in [0.2, 0.25) is 0 Å². The molecule has 4 aliphatic rings. The van der Waals surface area contributed by atoms with Crippen molar-refractivity contribution in [1.29, 1.82) is 0 Å². The quantitative estimate of drug-likeness (QED) is 0.114. The van der Waals surface area contributed by atoms with Crippen LogP contribution in [0.5, 0.6) is 0 Å². The second kappa shape index (κ2) is 23.4. The van der Waals surface area contributed by atoms with E-state index >= 15 is 0 Å². The van der Waals surface area contributed by atoms with Gasteiger partial charge in [0.15, 0.2) is 0 Å². The second-order valence-corrected chi connectivity index (χ2v) is 29.9. The van der Waals surface area contributed by atoms with Crippen LogP contribution < -0.4 is 9.80 Å². The largest absolute Gasteiger partial charge is 0.310 e. The Morgan fingerprint density at radius 3 is 0.873 bits per heavy atom. The zero-order valence-corrected chi connectivity index (χ0v) is 59.3. The molecule has 0 N–H and O–H groups in total. The number of aryl methyl sites for hydroxylation is 4. The predicted octanol–water partition coefficient (Wildman–Crippen LogP) is 26.2. The van der Waals surface area contributed by atoms with Gasteiger partial charge in [0.1, 0.15) is 0 Å². The molecule has 0 aliphatic heterocycles. The Bertz CT molecular complexity index is 5420. The van der Waals surface area contributed by atoms with Gasteiger partial charge in [-0.2, -0.15) is 0 Å². The third kappa shape index (κ3) is 9.18. The minimum absolute atomic E-state index is 0.201. The highest BCUT2D eigenvalue weighted by Crippen LogP contribution is 2.61. The molecule has 0 bridgehead atoms. The molecule has 2 unspecified atom stereocenters. The number of anilines is 6. The van der Waals surface area contributed by atoms with Gasteiger partial charge in [0.25, 0.3) is 0 Å². The van der Waals surface area contributed by atoms with Gasteiger partial charge in [0.2, 0.25) is 0 Å². The van der Waals surface area contributed by atoms with E-state index in [1.165, 1.54) is 134 Å². The van der Waals surface area contributed by atoms with E-state index in [-0.39, 0.29) is 10.8 Å². The van der Waals surface area contributed by atoms with E-state index in [2.05, 4.69) is 382 Å². The monoisotopic (exact) mass is 1310 g/mol. The van der Waals surface area contributed by atoms with Gasteiger partial charge in [-0.15, -0.1) is 0 Å². The Balaban J connectivity index is 0.786. The van der Waals surface area contributed by atoms with Crippen molar-refractivity contribution in [2.75, 3.05) is 9.80 Å². The van der Waals surface area contributed by atoms with Crippen molar-refractivity contribution in [1.82, 2.24) is 0 Å². The molecule has 0 amide bonds. The molecule has 102 heavy (non-hydrogen) atoms. The number of hydrogen-bond donors (Lipinski definition) is 0. The molecular formula is C100H80N2.